The van der Waals surface area contributed by atoms with Gasteiger partial charge in [-0.05, 0) is 38.4 Å². The first-order valence-electron chi connectivity index (χ1n) is 9.93. The fourth-order valence-corrected chi connectivity index (χ4v) is 3.72. The lowest BCUT2D eigenvalue weighted by atomic mass is 9.98. The SMILES string of the molecule is CCOC(=O)C1CCCN(CC(=O)Nc2c(C(=O)OC)[nH]c3cc(OC)ccc23)C1. The molecule has 1 fully saturated rings. The van der Waals surface area contributed by atoms with Crippen LogP contribution in [0.1, 0.15) is 30.3 Å². The van der Waals surface area contributed by atoms with Crippen LogP contribution in [0.3, 0.4) is 0 Å². The number of H-pyrrole nitrogens is 1. The number of hydrogen-bond acceptors (Lipinski definition) is 7. The molecular formula is C21H27N3O6. The highest BCUT2D eigenvalue weighted by atomic mass is 16.5. The molecule has 0 radical (unpaired) electrons. The van der Waals surface area contributed by atoms with E-state index in [2.05, 4.69) is 10.3 Å². The van der Waals surface area contributed by atoms with Gasteiger partial charge in [-0.1, -0.05) is 0 Å². The highest BCUT2D eigenvalue weighted by molar-refractivity contribution is 6.11. The molecule has 1 atom stereocenters. The van der Waals surface area contributed by atoms with Gasteiger partial charge in [-0.25, -0.2) is 4.79 Å². The quantitative estimate of drug-likeness (QED) is 0.665. The number of ether oxygens (including phenoxy) is 3. The zero-order chi connectivity index (χ0) is 21.7. The number of anilines is 1. The Bertz CT molecular complexity index is 938. The van der Waals surface area contributed by atoms with E-state index in [9.17, 15) is 14.4 Å². The number of aromatic nitrogens is 1. The van der Waals surface area contributed by atoms with Crippen LogP contribution in [-0.2, 0) is 19.1 Å². The Hall–Kier alpha value is -3.07. The molecule has 3 rings (SSSR count). The predicted octanol–water partition coefficient (Wildman–Crippen LogP) is 2.18. The van der Waals surface area contributed by atoms with Crippen molar-refractivity contribution in [2.24, 2.45) is 5.92 Å². The van der Waals surface area contributed by atoms with E-state index in [0.29, 0.717) is 35.5 Å². The second-order valence-corrected chi connectivity index (χ2v) is 7.15. The number of nitrogens with one attached hydrogen (secondary N) is 2. The van der Waals surface area contributed by atoms with Crippen LogP contribution >= 0.6 is 0 Å². The smallest absolute Gasteiger partial charge is 0.356 e. The molecular weight excluding hydrogens is 390 g/mol. The fourth-order valence-electron chi connectivity index (χ4n) is 3.72. The van der Waals surface area contributed by atoms with E-state index in [-0.39, 0.29) is 30.0 Å². The van der Waals surface area contributed by atoms with E-state index < -0.39 is 5.97 Å². The average molecular weight is 417 g/mol. The van der Waals surface area contributed by atoms with Gasteiger partial charge in [-0.15, -0.1) is 0 Å². The van der Waals surface area contributed by atoms with Crippen LogP contribution in [0.25, 0.3) is 10.9 Å². The summed E-state index contributed by atoms with van der Waals surface area (Å²) in [6, 6.07) is 5.26. The van der Waals surface area contributed by atoms with Gasteiger partial charge in [0.1, 0.15) is 11.4 Å². The van der Waals surface area contributed by atoms with Crippen molar-refractivity contribution in [3.8, 4) is 5.75 Å². The maximum Gasteiger partial charge on any atom is 0.356 e. The topological polar surface area (TPSA) is 110 Å². The lowest BCUT2D eigenvalue weighted by Gasteiger charge is -2.30. The van der Waals surface area contributed by atoms with Gasteiger partial charge in [0, 0.05) is 18.0 Å². The van der Waals surface area contributed by atoms with Crippen LogP contribution in [0.2, 0.25) is 0 Å². The number of amides is 1. The van der Waals surface area contributed by atoms with Gasteiger partial charge in [0.2, 0.25) is 5.91 Å². The number of hydrogen-bond donors (Lipinski definition) is 2. The molecule has 1 aromatic heterocycles. The molecule has 0 bridgehead atoms. The molecule has 1 saturated heterocycles. The normalized spacial score (nSPS) is 16.8. The molecule has 162 valence electrons. The molecule has 0 saturated carbocycles. The molecule has 1 unspecified atom stereocenters. The highest BCUT2D eigenvalue weighted by Gasteiger charge is 2.28. The van der Waals surface area contributed by atoms with Gasteiger partial charge < -0.3 is 24.5 Å². The van der Waals surface area contributed by atoms with Gasteiger partial charge >= 0.3 is 11.9 Å². The summed E-state index contributed by atoms with van der Waals surface area (Å²) in [4.78, 5) is 41.9. The minimum atomic E-state index is -0.583. The molecule has 2 aromatic rings. The first-order valence-corrected chi connectivity index (χ1v) is 9.93. The number of carbonyl (C=O) groups is 3. The van der Waals surface area contributed by atoms with Gasteiger partial charge in [0.15, 0.2) is 0 Å². The van der Waals surface area contributed by atoms with Crippen LogP contribution in [0.5, 0.6) is 5.75 Å². The van der Waals surface area contributed by atoms with E-state index in [1.54, 1.807) is 32.2 Å². The van der Waals surface area contributed by atoms with Crippen LogP contribution in [-0.4, -0.2) is 68.2 Å². The third kappa shape index (κ3) is 4.73. The first-order chi connectivity index (χ1) is 14.5. The van der Waals surface area contributed by atoms with Crippen molar-refractivity contribution < 1.29 is 28.6 Å². The summed E-state index contributed by atoms with van der Waals surface area (Å²) in [5.41, 5.74) is 1.17. The van der Waals surface area contributed by atoms with E-state index in [1.165, 1.54) is 7.11 Å². The number of aromatic amines is 1. The Morgan fingerprint density at radius 2 is 2.07 bits per heavy atom. The molecule has 0 spiro atoms. The maximum atomic E-state index is 12.8. The number of fused-ring (bicyclic) bond motifs is 1. The average Bonchev–Trinajstić information content (AvgIpc) is 3.10. The maximum absolute atomic E-state index is 12.8. The lowest BCUT2D eigenvalue weighted by molar-refractivity contribution is -0.150. The van der Waals surface area contributed by atoms with Crippen molar-refractivity contribution in [2.75, 3.05) is 45.8 Å². The zero-order valence-corrected chi connectivity index (χ0v) is 17.4. The van der Waals surface area contributed by atoms with Crippen LogP contribution in [0.4, 0.5) is 5.69 Å². The molecule has 2 N–H and O–H groups in total. The van der Waals surface area contributed by atoms with Crippen molar-refractivity contribution >= 4 is 34.4 Å². The summed E-state index contributed by atoms with van der Waals surface area (Å²) < 4.78 is 15.2. The van der Waals surface area contributed by atoms with Crippen LogP contribution < -0.4 is 10.1 Å². The molecule has 1 amide bonds. The monoisotopic (exact) mass is 417 g/mol. The minimum absolute atomic E-state index is 0.110. The number of piperidine rings is 1. The molecule has 2 heterocycles. The number of methoxy groups -OCH3 is 2. The second kappa shape index (κ2) is 9.62. The molecule has 1 aliphatic heterocycles. The number of esters is 2. The predicted molar refractivity (Wildman–Crippen MR) is 111 cm³/mol. The lowest BCUT2D eigenvalue weighted by Crippen LogP contribution is -2.43. The van der Waals surface area contributed by atoms with Gasteiger partial charge in [-0.2, -0.15) is 0 Å². The summed E-state index contributed by atoms with van der Waals surface area (Å²) in [5.74, 6) is -0.683. The van der Waals surface area contributed by atoms with Crippen LogP contribution in [0.15, 0.2) is 18.2 Å². The Labute approximate surface area is 174 Å². The van der Waals surface area contributed by atoms with E-state index in [4.69, 9.17) is 14.2 Å². The Balaban J connectivity index is 1.75. The van der Waals surface area contributed by atoms with Crippen molar-refractivity contribution in [3.63, 3.8) is 0 Å². The molecule has 30 heavy (non-hydrogen) atoms. The third-order valence-corrected chi connectivity index (χ3v) is 5.15. The fraction of sp³-hybridized carbons (Fsp3) is 0.476. The Morgan fingerprint density at radius 1 is 1.27 bits per heavy atom. The molecule has 9 nitrogen and oxygen atoms in total. The number of carbonyl (C=O) groups excluding carboxylic acids is 3. The minimum Gasteiger partial charge on any atom is -0.497 e. The molecule has 0 aliphatic carbocycles. The van der Waals surface area contributed by atoms with Gasteiger partial charge in [-0.3, -0.25) is 14.5 Å². The first kappa shape index (κ1) is 21.6. The third-order valence-electron chi connectivity index (χ3n) is 5.15. The summed E-state index contributed by atoms with van der Waals surface area (Å²) in [6.07, 6.45) is 1.57. The summed E-state index contributed by atoms with van der Waals surface area (Å²) in [7, 11) is 2.83. The molecule has 1 aliphatic rings. The number of rotatable bonds is 7. The second-order valence-electron chi connectivity index (χ2n) is 7.15. The Kier molecular flexibility index (Phi) is 6.94. The number of likely N-dealkylation sites (tertiary alicyclic amines) is 1. The zero-order valence-electron chi connectivity index (χ0n) is 17.4. The number of nitrogens with zero attached hydrogens (tertiary/aromatic N) is 1. The summed E-state index contributed by atoms with van der Waals surface area (Å²) in [6.45, 7) is 3.43. The van der Waals surface area contributed by atoms with E-state index >= 15 is 0 Å². The Morgan fingerprint density at radius 3 is 2.77 bits per heavy atom. The molecule has 9 heteroatoms. The van der Waals surface area contributed by atoms with Crippen molar-refractivity contribution in [1.29, 1.82) is 0 Å². The van der Waals surface area contributed by atoms with Gasteiger partial charge in [0.25, 0.3) is 0 Å². The molecule has 1 aromatic carbocycles. The summed E-state index contributed by atoms with van der Waals surface area (Å²) >= 11 is 0. The standard InChI is InChI=1S/C21H27N3O6/c1-4-30-20(26)13-6-5-9-24(11-13)12-17(25)23-18-15-8-7-14(28-2)10-16(15)22-19(18)21(27)29-3/h7-8,10,13,22H,4-6,9,11-12H2,1-3H3,(H,23,25). The van der Waals surface area contributed by atoms with Crippen molar-refractivity contribution in [2.45, 2.75) is 19.8 Å². The number of benzene rings is 1. The largest absolute Gasteiger partial charge is 0.497 e. The van der Waals surface area contributed by atoms with Crippen molar-refractivity contribution in [3.05, 3.63) is 23.9 Å². The van der Waals surface area contributed by atoms with E-state index in [1.807, 2.05) is 4.90 Å². The van der Waals surface area contributed by atoms with E-state index in [0.717, 1.165) is 19.4 Å². The highest BCUT2D eigenvalue weighted by Crippen LogP contribution is 2.31. The summed E-state index contributed by atoms with van der Waals surface area (Å²) in [5, 5.41) is 3.51. The van der Waals surface area contributed by atoms with Gasteiger partial charge in [0.05, 0.1) is 44.5 Å². The van der Waals surface area contributed by atoms with Crippen molar-refractivity contribution in [1.82, 2.24) is 9.88 Å². The van der Waals surface area contributed by atoms with Crippen LogP contribution in [0, 0.1) is 5.92 Å².